The Balaban J connectivity index is 2.01. The van der Waals surface area contributed by atoms with Gasteiger partial charge in [-0.3, -0.25) is 25.7 Å². The molecule has 0 amide bonds. The minimum absolute atomic E-state index is 0.122. The molecule has 1 N–H and O–H groups in total. The lowest BCUT2D eigenvalue weighted by atomic mass is 9.94. The van der Waals surface area contributed by atoms with Gasteiger partial charge in [0.1, 0.15) is 5.69 Å². The van der Waals surface area contributed by atoms with Crippen LogP contribution in [0.3, 0.4) is 0 Å². The zero-order valence-corrected chi connectivity index (χ0v) is 15.5. The standard InChI is InChI=1S/C19H22N4O4/c1-13-4-8-16(9-5-13)14(2)6-7-15(3)20-21-18-11-10-17(22(24)25)12-19(18)23(26)27/h4-5,8-12,14,21H,6-7H2,1-3H3/b20-15+. The Labute approximate surface area is 157 Å². The van der Waals surface area contributed by atoms with Crippen molar-refractivity contribution in [2.24, 2.45) is 5.10 Å². The number of rotatable bonds is 8. The lowest BCUT2D eigenvalue weighted by Crippen LogP contribution is -2.03. The minimum Gasteiger partial charge on any atom is -0.272 e. The molecule has 0 aliphatic carbocycles. The first kappa shape index (κ1) is 20.0. The van der Waals surface area contributed by atoms with E-state index in [0.717, 1.165) is 24.6 Å². The van der Waals surface area contributed by atoms with E-state index in [4.69, 9.17) is 0 Å². The number of hydrazone groups is 1. The van der Waals surface area contributed by atoms with E-state index in [1.54, 1.807) is 0 Å². The first-order chi connectivity index (χ1) is 12.8. The smallest absolute Gasteiger partial charge is 0.272 e. The SMILES string of the molecule is C/C(CCC(C)c1ccc(C)cc1)=N\Nc1ccc([N+](=O)[O-])cc1[N+](=O)[O-]. The van der Waals surface area contributed by atoms with Crippen molar-refractivity contribution in [3.8, 4) is 0 Å². The fourth-order valence-electron chi connectivity index (χ4n) is 2.58. The Bertz CT molecular complexity index is 863. The van der Waals surface area contributed by atoms with Gasteiger partial charge in [-0.15, -0.1) is 0 Å². The third-order valence-electron chi connectivity index (χ3n) is 4.34. The van der Waals surface area contributed by atoms with Gasteiger partial charge in [0.25, 0.3) is 5.69 Å². The second-order valence-corrected chi connectivity index (χ2v) is 6.52. The lowest BCUT2D eigenvalue weighted by Gasteiger charge is -2.12. The number of non-ortho nitro benzene ring substituents is 1. The van der Waals surface area contributed by atoms with E-state index >= 15 is 0 Å². The molecule has 0 aliphatic rings. The summed E-state index contributed by atoms with van der Waals surface area (Å²) in [6, 6.07) is 11.8. The first-order valence-corrected chi connectivity index (χ1v) is 8.56. The number of nitrogens with zero attached hydrogens (tertiary/aromatic N) is 3. The fourth-order valence-corrected chi connectivity index (χ4v) is 2.58. The lowest BCUT2D eigenvalue weighted by molar-refractivity contribution is -0.393. The van der Waals surface area contributed by atoms with E-state index in [9.17, 15) is 20.2 Å². The van der Waals surface area contributed by atoms with Crippen LogP contribution in [0.25, 0.3) is 0 Å². The molecule has 0 heterocycles. The largest absolute Gasteiger partial charge is 0.301 e. The molecule has 0 aliphatic heterocycles. The molecule has 2 aromatic carbocycles. The molecule has 0 fully saturated rings. The topological polar surface area (TPSA) is 111 Å². The average Bonchev–Trinajstić information content (AvgIpc) is 2.64. The molecule has 8 heteroatoms. The normalized spacial score (nSPS) is 12.5. The summed E-state index contributed by atoms with van der Waals surface area (Å²) in [6.07, 6.45) is 1.62. The Morgan fingerprint density at radius 2 is 1.78 bits per heavy atom. The number of benzene rings is 2. The van der Waals surface area contributed by atoms with Crippen LogP contribution >= 0.6 is 0 Å². The van der Waals surface area contributed by atoms with Gasteiger partial charge < -0.3 is 0 Å². The average molecular weight is 370 g/mol. The number of nitro benzene ring substituents is 2. The molecule has 0 saturated heterocycles. The molecule has 1 unspecified atom stereocenters. The van der Waals surface area contributed by atoms with Crippen molar-refractivity contribution in [1.29, 1.82) is 0 Å². The molecule has 0 saturated carbocycles. The van der Waals surface area contributed by atoms with Gasteiger partial charge in [0.15, 0.2) is 0 Å². The summed E-state index contributed by atoms with van der Waals surface area (Å²) in [7, 11) is 0. The van der Waals surface area contributed by atoms with Crippen LogP contribution in [0, 0.1) is 27.2 Å². The molecular weight excluding hydrogens is 348 g/mol. The number of hydrogen-bond donors (Lipinski definition) is 1. The van der Waals surface area contributed by atoms with E-state index in [2.05, 4.69) is 41.7 Å². The van der Waals surface area contributed by atoms with Crippen molar-refractivity contribution in [3.05, 3.63) is 73.8 Å². The summed E-state index contributed by atoms with van der Waals surface area (Å²) in [5, 5.41) is 26.1. The highest BCUT2D eigenvalue weighted by molar-refractivity contribution is 5.83. The van der Waals surface area contributed by atoms with Gasteiger partial charge in [-0.2, -0.15) is 5.10 Å². The van der Waals surface area contributed by atoms with Crippen LogP contribution in [-0.4, -0.2) is 15.6 Å². The number of nitro groups is 2. The van der Waals surface area contributed by atoms with Crippen molar-refractivity contribution >= 4 is 22.8 Å². The molecule has 8 nitrogen and oxygen atoms in total. The summed E-state index contributed by atoms with van der Waals surface area (Å²) in [5.41, 5.74) is 5.33. The van der Waals surface area contributed by atoms with Gasteiger partial charge >= 0.3 is 5.69 Å². The monoisotopic (exact) mass is 370 g/mol. The Morgan fingerprint density at radius 1 is 1.11 bits per heavy atom. The molecule has 142 valence electrons. The summed E-state index contributed by atoms with van der Waals surface area (Å²) in [4.78, 5) is 20.6. The van der Waals surface area contributed by atoms with Crippen molar-refractivity contribution < 1.29 is 9.85 Å². The van der Waals surface area contributed by atoms with Crippen LogP contribution in [0.4, 0.5) is 17.1 Å². The van der Waals surface area contributed by atoms with Crippen LogP contribution in [0.1, 0.15) is 43.7 Å². The van der Waals surface area contributed by atoms with Gasteiger partial charge in [0, 0.05) is 11.8 Å². The minimum atomic E-state index is -0.669. The molecule has 27 heavy (non-hydrogen) atoms. The third-order valence-corrected chi connectivity index (χ3v) is 4.34. The number of nitrogens with one attached hydrogen (secondary N) is 1. The highest BCUT2D eigenvalue weighted by Crippen LogP contribution is 2.29. The summed E-state index contributed by atoms with van der Waals surface area (Å²) in [6.45, 7) is 6.03. The zero-order chi connectivity index (χ0) is 20.0. The summed E-state index contributed by atoms with van der Waals surface area (Å²) in [5.74, 6) is 0.365. The van der Waals surface area contributed by atoms with E-state index in [-0.39, 0.29) is 17.1 Å². The summed E-state index contributed by atoms with van der Waals surface area (Å²) < 4.78 is 0. The quantitative estimate of drug-likeness (QED) is 0.391. The van der Waals surface area contributed by atoms with E-state index in [0.29, 0.717) is 5.92 Å². The van der Waals surface area contributed by atoms with Crippen LogP contribution in [0.15, 0.2) is 47.6 Å². The van der Waals surface area contributed by atoms with Crippen molar-refractivity contribution in [1.82, 2.24) is 0 Å². The Kier molecular flexibility index (Phi) is 6.59. The highest BCUT2D eigenvalue weighted by Gasteiger charge is 2.19. The second kappa shape index (κ2) is 8.88. The van der Waals surface area contributed by atoms with E-state index < -0.39 is 9.85 Å². The van der Waals surface area contributed by atoms with Crippen molar-refractivity contribution in [3.63, 3.8) is 0 Å². The molecule has 2 rings (SSSR count). The zero-order valence-electron chi connectivity index (χ0n) is 15.5. The Hall–Kier alpha value is -3.29. The van der Waals surface area contributed by atoms with Crippen LogP contribution in [0.2, 0.25) is 0 Å². The fraction of sp³-hybridized carbons (Fsp3) is 0.316. The van der Waals surface area contributed by atoms with Gasteiger partial charge in [-0.05, 0) is 44.2 Å². The number of aryl methyl sites for hydroxylation is 1. The maximum Gasteiger partial charge on any atom is 0.301 e. The molecule has 0 bridgehead atoms. The van der Waals surface area contributed by atoms with Crippen LogP contribution < -0.4 is 5.43 Å². The van der Waals surface area contributed by atoms with E-state index in [1.165, 1.54) is 23.3 Å². The summed E-state index contributed by atoms with van der Waals surface area (Å²) >= 11 is 0. The number of anilines is 1. The second-order valence-electron chi connectivity index (χ2n) is 6.52. The number of hydrogen-bond acceptors (Lipinski definition) is 6. The predicted octanol–water partition coefficient (Wildman–Crippen LogP) is 5.18. The molecule has 0 spiro atoms. The maximum absolute atomic E-state index is 11.1. The van der Waals surface area contributed by atoms with Crippen LogP contribution in [-0.2, 0) is 0 Å². The highest BCUT2D eigenvalue weighted by atomic mass is 16.6. The van der Waals surface area contributed by atoms with Gasteiger partial charge in [0.2, 0.25) is 0 Å². The molecule has 2 aromatic rings. The molecule has 0 aromatic heterocycles. The molecular formula is C19H22N4O4. The third kappa shape index (κ3) is 5.60. The van der Waals surface area contributed by atoms with Crippen molar-refractivity contribution in [2.45, 2.75) is 39.5 Å². The van der Waals surface area contributed by atoms with Crippen molar-refractivity contribution in [2.75, 3.05) is 5.43 Å². The van der Waals surface area contributed by atoms with Gasteiger partial charge in [-0.1, -0.05) is 36.8 Å². The Morgan fingerprint density at radius 3 is 2.37 bits per heavy atom. The predicted molar refractivity (Wildman–Crippen MR) is 105 cm³/mol. The molecule has 0 radical (unpaired) electrons. The molecule has 1 atom stereocenters. The van der Waals surface area contributed by atoms with Gasteiger partial charge in [-0.25, -0.2) is 0 Å². The maximum atomic E-state index is 11.1. The van der Waals surface area contributed by atoms with Gasteiger partial charge in [0.05, 0.1) is 15.9 Å². The van der Waals surface area contributed by atoms with Crippen LogP contribution in [0.5, 0.6) is 0 Å². The van der Waals surface area contributed by atoms with E-state index in [1.807, 2.05) is 13.8 Å². The first-order valence-electron chi connectivity index (χ1n) is 8.56.